The van der Waals surface area contributed by atoms with E-state index in [1.165, 1.54) is 0 Å². The van der Waals surface area contributed by atoms with Crippen LogP contribution in [0.15, 0.2) is 37.1 Å². The molecule has 1 aromatic rings. The van der Waals surface area contributed by atoms with Crippen molar-refractivity contribution in [2.75, 3.05) is 39.8 Å². The molecule has 0 N–H and O–H groups in total. The summed E-state index contributed by atoms with van der Waals surface area (Å²) in [5.74, 6) is 0.111. The van der Waals surface area contributed by atoms with Crippen LogP contribution in [0, 0.1) is 0 Å². The van der Waals surface area contributed by atoms with E-state index in [-0.39, 0.29) is 11.8 Å². The first-order chi connectivity index (χ1) is 11.6. The summed E-state index contributed by atoms with van der Waals surface area (Å²) in [6.45, 7) is 7.08. The summed E-state index contributed by atoms with van der Waals surface area (Å²) in [5.41, 5.74) is -0.0210. The molecule has 2 aliphatic rings. The predicted molar refractivity (Wildman–Crippen MR) is 91.5 cm³/mol. The number of carbonyl (C=O) groups excluding carboxylic acids is 2. The highest BCUT2D eigenvalue weighted by atomic mass is 16.2. The topological polar surface area (TPSA) is 56.8 Å². The molecule has 2 amide bonds. The number of pyridine rings is 1. The SMILES string of the molecule is C=CCN1CCN(C)C2(CCN(C(=O)c3ccccn3)CC2)C1=O. The first-order valence-corrected chi connectivity index (χ1v) is 8.40. The number of piperidine rings is 1. The lowest BCUT2D eigenvalue weighted by atomic mass is 9.82. The second kappa shape index (κ2) is 6.73. The van der Waals surface area contributed by atoms with Crippen LogP contribution in [0.3, 0.4) is 0 Å². The summed E-state index contributed by atoms with van der Waals surface area (Å²) in [5, 5.41) is 0. The molecule has 24 heavy (non-hydrogen) atoms. The zero-order valence-corrected chi connectivity index (χ0v) is 14.1. The van der Waals surface area contributed by atoms with Gasteiger partial charge in [0.05, 0.1) is 0 Å². The van der Waals surface area contributed by atoms with Crippen molar-refractivity contribution in [1.29, 1.82) is 0 Å². The molecule has 3 rings (SSSR count). The maximum absolute atomic E-state index is 13.0. The molecule has 3 heterocycles. The molecule has 128 valence electrons. The highest BCUT2D eigenvalue weighted by Crippen LogP contribution is 2.33. The Morgan fingerprint density at radius 3 is 2.67 bits per heavy atom. The zero-order chi connectivity index (χ0) is 17.2. The van der Waals surface area contributed by atoms with Crippen LogP contribution < -0.4 is 0 Å². The molecule has 1 aromatic heterocycles. The van der Waals surface area contributed by atoms with Gasteiger partial charge in [0.25, 0.3) is 5.91 Å². The van der Waals surface area contributed by atoms with Crippen molar-refractivity contribution < 1.29 is 9.59 Å². The van der Waals surface area contributed by atoms with Gasteiger partial charge in [-0.1, -0.05) is 12.1 Å². The van der Waals surface area contributed by atoms with E-state index in [1.54, 1.807) is 29.3 Å². The Labute approximate surface area is 142 Å². The first kappa shape index (κ1) is 16.6. The van der Waals surface area contributed by atoms with Crippen LogP contribution in [0.25, 0.3) is 0 Å². The molecule has 6 heteroatoms. The lowest BCUT2D eigenvalue weighted by Crippen LogP contribution is -2.67. The maximum Gasteiger partial charge on any atom is 0.272 e. The molecule has 0 atom stereocenters. The van der Waals surface area contributed by atoms with Crippen molar-refractivity contribution in [2.24, 2.45) is 0 Å². The average molecular weight is 328 g/mol. The molecule has 0 unspecified atom stereocenters. The van der Waals surface area contributed by atoms with Crippen molar-refractivity contribution in [3.05, 3.63) is 42.7 Å². The third kappa shape index (κ3) is 2.82. The van der Waals surface area contributed by atoms with Crippen molar-refractivity contribution >= 4 is 11.8 Å². The Hall–Kier alpha value is -2.21. The Balaban J connectivity index is 1.72. The second-order valence-corrected chi connectivity index (χ2v) is 6.50. The lowest BCUT2D eigenvalue weighted by Gasteiger charge is -2.51. The van der Waals surface area contributed by atoms with Crippen LogP contribution in [0.2, 0.25) is 0 Å². The Kier molecular flexibility index (Phi) is 4.66. The number of piperazine rings is 1. The number of likely N-dealkylation sites (N-methyl/N-ethyl adjacent to an activating group) is 1. The summed E-state index contributed by atoms with van der Waals surface area (Å²) >= 11 is 0. The van der Waals surface area contributed by atoms with Crippen molar-refractivity contribution in [1.82, 2.24) is 19.7 Å². The van der Waals surface area contributed by atoms with Crippen LogP contribution in [0.4, 0.5) is 0 Å². The van der Waals surface area contributed by atoms with E-state index in [9.17, 15) is 9.59 Å². The molecule has 2 fully saturated rings. The largest absolute Gasteiger partial charge is 0.337 e. The number of hydrogen-bond acceptors (Lipinski definition) is 4. The van der Waals surface area contributed by atoms with Crippen molar-refractivity contribution in [3.63, 3.8) is 0 Å². The highest BCUT2D eigenvalue weighted by molar-refractivity contribution is 5.93. The minimum Gasteiger partial charge on any atom is -0.337 e. The predicted octanol–water partition coefficient (Wildman–Crippen LogP) is 1.02. The van der Waals surface area contributed by atoms with E-state index in [4.69, 9.17) is 0 Å². The van der Waals surface area contributed by atoms with E-state index < -0.39 is 5.54 Å². The lowest BCUT2D eigenvalue weighted by molar-refractivity contribution is -0.153. The summed E-state index contributed by atoms with van der Waals surface area (Å²) in [4.78, 5) is 35.5. The van der Waals surface area contributed by atoms with Gasteiger partial charge >= 0.3 is 0 Å². The molecule has 1 spiro atoms. The molecule has 0 aromatic carbocycles. The van der Waals surface area contributed by atoms with E-state index in [0.717, 1.165) is 13.1 Å². The summed E-state index contributed by atoms with van der Waals surface area (Å²) < 4.78 is 0. The van der Waals surface area contributed by atoms with Crippen LogP contribution in [-0.2, 0) is 4.79 Å². The van der Waals surface area contributed by atoms with Crippen molar-refractivity contribution in [2.45, 2.75) is 18.4 Å². The molecule has 0 aliphatic carbocycles. The molecule has 6 nitrogen and oxygen atoms in total. The third-order valence-electron chi connectivity index (χ3n) is 5.23. The number of aromatic nitrogens is 1. The minimum atomic E-state index is -0.484. The number of carbonyl (C=O) groups is 2. The van der Waals surface area contributed by atoms with E-state index >= 15 is 0 Å². The van der Waals surface area contributed by atoms with Crippen LogP contribution >= 0.6 is 0 Å². The van der Waals surface area contributed by atoms with E-state index in [1.807, 2.05) is 18.0 Å². The molecule has 2 saturated heterocycles. The first-order valence-electron chi connectivity index (χ1n) is 8.40. The van der Waals surface area contributed by atoms with Crippen LogP contribution in [0.5, 0.6) is 0 Å². The average Bonchev–Trinajstić information content (AvgIpc) is 2.63. The van der Waals surface area contributed by atoms with Gasteiger partial charge in [0.2, 0.25) is 5.91 Å². The summed E-state index contributed by atoms with van der Waals surface area (Å²) in [6, 6.07) is 5.35. The highest BCUT2D eigenvalue weighted by Gasteiger charge is 2.49. The number of likely N-dealkylation sites (tertiary alicyclic amines) is 1. The zero-order valence-electron chi connectivity index (χ0n) is 14.1. The van der Waals surface area contributed by atoms with Gasteiger partial charge in [0.15, 0.2) is 0 Å². The van der Waals surface area contributed by atoms with Crippen molar-refractivity contribution in [3.8, 4) is 0 Å². The number of amides is 2. The van der Waals surface area contributed by atoms with Gasteiger partial charge in [0, 0.05) is 38.9 Å². The molecular formula is C18H24N4O2. The fraction of sp³-hybridized carbons (Fsp3) is 0.500. The standard InChI is InChI=1S/C18H24N4O2/c1-3-10-22-14-13-20(2)18(17(22)24)7-11-21(12-8-18)16(23)15-6-4-5-9-19-15/h3-6,9H,1,7-8,10-14H2,2H3. The Bertz CT molecular complexity index is 623. The van der Waals surface area contributed by atoms with Gasteiger partial charge in [0.1, 0.15) is 11.2 Å². The molecule has 0 bridgehead atoms. The van der Waals surface area contributed by atoms with E-state index in [0.29, 0.717) is 38.2 Å². The molecule has 2 aliphatic heterocycles. The number of nitrogens with zero attached hydrogens (tertiary/aromatic N) is 4. The summed E-state index contributed by atoms with van der Waals surface area (Å²) in [6.07, 6.45) is 4.73. The third-order valence-corrected chi connectivity index (χ3v) is 5.23. The van der Waals surface area contributed by atoms with E-state index in [2.05, 4.69) is 16.5 Å². The quantitative estimate of drug-likeness (QED) is 0.777. The second-order valence-electron chi connectivity index (χ2n) is 6.50. The maximum atomic E-state index is 13.0. The molecule has 0 radical (unpaired) electrons. The van der Waals surface area contributed by atoms with Gasteiger partial charge in [-0.25, -0.2) is 0 Å². The van der Waals surface area contributed by atoms with Crippen LogP contribution in [-0.4, -0.2) is 76.8 Å². The van der Waals surface area contributed by atoms with Gasteiger partial charge in [-0.15, -0.1) is 6.58 Å². The normalized spacial score (nSPS) is 21.1. The summed E-state index contributed by atoms with van der Waals surface area (Å²) in [7, 11) is 2.01. The number of hydrogen-bond donors (Lipinski definition) is 0. The smallest absolute Gasteiger partial charge is 0.272 e. The van der Waals surface area contributed by atoms with Gasteiger partial charge in [-0.3, -0.25) is 19.5 Å². The molecule has 0 saturated carbocycles. The molecular weight excluding hydrogens is 304 g/mol. The van der Waals surface area contributed by atoms with Crippen LogP contribution in [0.1, 0.15) is 23.3 Å². The minimum absolute atomic E-state index is 0.0562. The van der Waals surface area contributed by atoms with Gasteiger partial charge in [-0.2, -0.15) is 0 Å². The Morgan fingerprint density at radius 1 is 1.29 bits per heavy atom. The fourth-order valence-corrected chi connectivity index (χ4v) is 3.70. The fourth-order valence-electron chi connectivity index (χ4n) is 3.70. The Morgan fingerprint density at radius 2 is 2.04 bits per heavy atom. The number of rotatable bonds is 3. The van der Waals surface area contributed by atoms with Gasteiger partial charge < -0.3 is 9.80 Å². The van der Waals surface area contributed by atoms with Gasteiger partial charge in [-0.05, 0) is 32.0 Å². The monoisotopic (exact) mass is 328 g/mol.